The highest BCUT2D eigenvalue weighted by molar-refractivity contribution is 8.01. The third kappa shape index (κ3) is 4.12. The molecule has 5 nitrogen and oxygen atoms in total. The average Bonchev–Trinajstić information content (AvgIpc) is 3.04. The summed E-state index contributed by atoms with van der Waals surface area (Å²) >= 11 is 3.12. The number of methoxy groups -OCH3 is 1. The van der Waals surface area contributed by atoms with Gasteiger partial charge in [-0.2, -0.15) is 0 Å². The van der Waals surface area contributed by atoms with E-state index in [1.54, 1.807) is 36.4 Å². The number of nitrogens with one attached hydrogen (secondary N) is 1. The van der Waals surface area contributed by atoms with Crippen molar-refractivity contribution in [2.45, 2.75) is 16.0 Å². The molecule has 0 saturated carbocycles. The van der Waals surface area contributed by atoms with Crippen molar-refractivity contribution in [2.75, 3.05) is 12.4 Å². The fourth-order valence-electron chi connectivity index (χ4n) is 2.18. The second-order valence-corrected chi connectivity index (χ2v) is 7.56. The Labute approximate surface area is 154 Å². The van der Waals surface area contributed by atoms with E-state index in [2.05, 4.69) is 21.9 Å². The lowest BCUT2D eigenvalue weighted by atomic mass is 10.1. The Balaban J connectivity index is 1.81. The van der Waals surface area contributed by atoms with Gasteiger partial charge in [0.25, 0.3) is 0 Å². The van der Waals surface area contributed by atoms with Crippen molar-refractivity contribution in [1.29, 1.82) is 0 Å². The normalized spacial score (nSPS) is 10.5. The summed E-state index contributed by atoms with van der Waals surface area (Å²) in [5, 5.41) is 13.7. The van der Waals surface area contributed by atoms with Gasteiger partial charge in [-0.25, -0.2) is 9.97 Å². The lowest BCUT2D eigenvalue weighted by Crippen LogP contribution is -1.93. The van der Waals surface area contributed by atoms with E-state index in [0.29, 0.717) is 11.3 Å². The minimum atomic E-state index is -0.0134. The van der Waals surface area contributed by atoms with Crippen molar-refractivity contribution in [3.8, 4) is 5.75 Å². The number of anilines is 2. The minimum absolute atomic E-state index is 0.0134. The van der Waals surface area contributed by atoms with Crippen LogP contribution < -0.4 is 10.1 Å². The number of aliphatic hydroxyl groups excluding tert-OH is 1. The second-order valence-electron chi connectivity index (χ2n) is 5.19. The molecule has 0 bridgehead atoms. The van der Waals surface area contributed by atoms with E-state index in [0.717, 1.165) is 25.6 Å². The van der Waals surface area contributed by atoms with Gasteiger partial charge in [0, 0.05) is 11.1 Å². The van der Waals surface area contributed by atoms with Gasteiger partial charge in [-0.3, -0.25) is 0 Å². The van der Waals surface area contributed by atoms with Gasteiger partial charge in [-0.15, -0.1) is 0 Å². The summed E-state index contributed by atoms with van der Waals surface area (Å²) in [5.41, 5.74) is 1.64. The molecule has 128 valence electrons. The Morgan fingerprint density at radius 2 is 2.16 bits per heavy atom. The zero-order valence-electron chi connectivity index (χ0n) is 13.8. The van der Waals surface area contributed by atoms with Gasteiger partial charge in [0.15, 0.2) is 5.13 Å². The van der Waals surface area contributed by atoms with Crippen LogP contribution in [0.1, 0.15) is 11.1 Å². The molecule has 2 aromatic heterocycles. The highest BCUT2D eigenvalue weighted by Crippen LogP contribution is 2.39. The fraction of sp³-hybridized carbons (Fsp3) is 0.111. The second kappa shape index (κ2) is 7.58. The van der Waals surface area contributed by atoms with Crippen molar-refractivity contribution >= 4 is 39.8 Å². The number of thiazole rings is 1. The first-order valence-corrected chi connectivity index (χ1v) is 9.08. The summed E-state index contributed by atoms with van der Waals surface area (Å²) in [6.07, 6.45) is 3.55. The monoisotopic (exact) mass is 371 g/mol. The van der Waals surface area contributed by atoms with Crippen LogP contribution in [0.4, 0.5) is 10.9 Å². The molecule has 0 aliphatic rings. The molecule has 0 fully saturated rings. The number of benzene rings is 1. The first kappa shape index (κ1) is 17.3. The quantitative estimate of drug-likeness (QED) is 0.575. The SMILES string of the molecule is C=C(O)c1cc(Sc2cnc(Nc3ccccn3)s2)c(C)cc1OC. The van der Waals surface area contributed by atoms with Crippen LogP contribution in [-0.4, -0.2) is 22.2 Å². The highest BCUT2D eigenvalue weighted by atomic mass is 32.2. The maximum absolute atomic E-state index is 9.77. The van der Waals surface area contributed by atoms with Crippen molar-refractivity contribution in [3.63, 3.8) is 0 Å². The molecule has 0 aliphatic carbocycles. The maximum Gasteiger partial charge on any atom is 0.189 e. The number of aryl methyl sites for hydroxylation is 1. The molecule has 3 aromatic rings. The Morgan fingerprint density at radius 1 is 1.32 bits per heavy atom. The van der Waals surface area contributed by atoms with Crippen LogP contribution in [0.15, 0.2) is 58.4 Å². The summed E-state index contributed by atoms with van der Waals surface area (Å²) in [6.45, 7) is 5.61. The molecule has 2 heterocycles. The molecule has 0 atom stereocenters. The summed E-state index contributed by atoms with van der Waals surface area (Å²) < 4.78 is 6.34. The average molecular weight is 371 g/mol. The predicted octanol–water partition coefficient (Wildman–Crippen LogP) is 5.28. The lowest BCUT2D eigenvalue weighted by Gasteiger charge is -2.12. The van der Waals surface area contributed by atoms with Crippen LogP contribution in [0.2, 0.25) is 0 Å². The van der Waals surface area contributed by atoms with Crippen LogP contribution in [0.25, 0.3) is 5.76 Å². The van der Waals surface area contributed by atoms with Gasteiger partial charge < -0.3 is 15.2 Å². The van der Waals surface area contributed by atoms with Crippen molar-refractivity contribution in [3.05, 3.63) is 60.4 Å². The van der Waals surface area contributed by atoms with Crippen LogP contribution in [0.3, 0.4) is 0 Å². The molecule has 0 saturated heterocycles. The molecule has 1 aromatic carbocycles. The van der Waals surface area contributed by atoms with Crippen molar-refractivity contribution in [1.82, 2.24) is 9.97 Å². The molecular formula is C18H17N3O2S2. The van der Waals surface area contributed by atoms with Crippen LogP contribution >= 0.6 is 23.1 Å². The van der Waals surface area contributed by atoms with E-state index in [-0.39, 0.29) is 5.76 Å². The first-order chi connectivity index (χ1) is 12.1. The lowest BCUT2D eigenvalue weighted by molar-refractivity contribution is 0.408. The molecule has 0 radical (unpaired) electrons. The summed E-state index contributed by atoms with van der Waals surface area (Å²) in [6, 6.07) is 9.46. The molecule has 0 unspecified atom stereocenters. The number of aliphatic hydroxyl groups is 1. The third-order valence-electron chi connectivity index (χ3n) is 3.40. The number of ether oxygens (including phenoxy) is 1. The number of hydrogen-bond acceptors (Lipinski definition) is 7. The van der Waals surface area contributed by atoms with Crippen molar-refractivity contribution in [2.24, 2.45) is 0 Å². The van der Waals surface area contributed by atoms with Crippen LogP contribution in [0.5, 0.6) is 5.75 Å². The van der Waals surface area contributed by atoms with Gasteiger partial charge in [0.2, 0.25) is 0 Å². The number of aromatic nitrogens is 2. The molecule has 25 heavy (non-hydrogen) atoms. The summed E-state index contributed by atoms with van der Waals surface area (Å²) in [7, 11) is 1.58. The maximum atomic E-state index is 9.77. The van der Waals surface area contributed by atoms with Gasteiger partial charge in [-0.1, -0.05) is 35.7 Å². The van der Waals surface area contributed by atoms with E-state index in [9.17, 15) is 5.11 Å². The van der Waals surface area contributed by atoms with Gasteiger partial charge in [-0.05, 0) is 36.8 Å². The topological polar surface area (TPSA) is 67.3 Å². The molecule has 7 heteroatoms. The standard InChI is InChI=1S/C18H17N3O2S2/c1-11-8-14(23-3)13(12(2)22)9-15(11)24-17-10-20-18(25-17)21-16-6-4-5-7-19-16/h4-10,22H,2H2,1,3H3,(H,19,20,21). The van der Waals surface area contributed by atoms with Crippen LogP contribution in [-0.2, 0) is 0 Å². The highest BCUT2D eigenvalue weighted by Gasteiger charge is 2.13. The zero-order valence-corrected chi connectivity index (χ0v) is 15.4. The summed E-state index contributed by atoms with van der Waals surface area (Å²) in [5.74, 6) is 1.35. The summed E-state index contributed by atoms with van der Waals surface area (Å²) in [4.78, 5) is 9.63. The molecule has 3 rings (SSSR count). The Hall–Kier alpha value is -2.51. The van der Waals surface area contributed by atoms with Gasteiger partial charge in [0.05, 0.1) is 23.1 Å². The first-order valence-electron chi connectivity index (χ1n) is 7.45. The van der Waals surface area contributed by atoms with E-state index in [1.165, 1.54) is 0 Å². The fourth-order valence-corrected chi connectivity index (χ4v) is 4.13. The zero-order chi connectivity index (χ0) is 17.8. The Kier molecular flexibility index (Phi) is 5.25. The molecule has 0 spiro atoms. The van der Waals surface area contributed by atoms with E-state index in [1.807, 2.05) is 43.5 Å². The third-order valence-corrected chi connectivity index (χ3v) is 5.58. The van der Waals surface area contributed by atoms with E-state index >= 15 is 0 Å². The number of nitrogens with zero attached hydrogens (tertiary/aromatic N) is 2. The molecule has 0 aliphatic heterocycles. The van der Waals surface area contributed by atoms with E-state index in [4.69, 9.17) is 4.74 Å². The van der Waals surface area contributed by atoms with Crippen molar-refractivity contribution < 1.29 is 9.84 Å². The minimum Gasteiger partial charge on any atom is -0.508 e. The molecule has 0 amide bonds. The Morgan fingerprint density at radius 3 is 2.84 bits per heavy atom. The largest absolute Gasteiger partial charge is 0.508 e. The Bertz CT molecular complexity index is 895. The number of rotatable bonds is 6. The predicted molar refractivity (Wildman–Crippen MR) is 103 cm³/mol. The van der Waals surface area contributed by atoms with Gasteiger partial charge in [0.1, 0.15) is 17.3 Å². The smallest absolute Gasteiger partial charge is 0.189 e. The molecule has 2 N–H and O–H groups in total. The van der Waals surface area contributed by atoms with Crippen LogP contribution in [0, 0.1) is 6.92 Å². The number of hydrogen-bond donors (Lipinski definition) is 2. The number of pyridine rings is 1. The van der Waals surface area contributed by atoms with Gasteiger partial charge >= 0.3 is 0 Å². The van der Waals surface area contributed by atoms with E-state index < -0.39 is 0 Å². The molecular weight excluding hydrogens is 354 g/mol.